The van der Waals surface area contributed by atoms with Gasteiger partial charge in [-0.05, 0) is 74.4 Å². The molecule has 40 heavy (non-hydrogen) atoms. The smallest absolute Gasteiger partial charge is 0.411 e. The van der Waals surface area contributed by atoms with Crippen LogP contribution in [-0.2, 0) is 17.8 Å². The van der Waals surface area contributed by atoms with Crippen LogP contribution in [0, 0.1) is 26.7 Å². The minimum atomic E-state index is -0.509. The molecule has 0 atom stereocenters. The van der Waals surface area contributed by atoms with Crippen LogP contribution in [0.25, 0.3) is 10.9 Å². The Morgan fingerprint density at radius 1 is 1.05 bits per heavy atom. The highest BCUT2D eigenvalue weighted by molar-refractivity contribution is 6.04. The predicted octanol–water partition coefficient (Wildman–Crippen LogP) is 4.52. The number of anilines is 2. The molecule has 9 heteroatoms. The van der Waals surface area contributed by atoms with Gasteiger partial charge in [0.1, 0.15) is 0 Å². The van der Waals surface area contributed by atoms with Gasteiger partial charge < -0.3 is 24.6 Å². The lowest BCUT2D eigenvalue weighted by atomic mass is 10.0. The van der Waals surface area contributed by atoms with Crippen LogP contribution >= 0.6 is 0 Å². The summed E-state index contributed by atoms with van der Waals surface area (Å²) in [5.41, 5.74) is 7.87. The van der Waals surface area contributed by atoms with Gasteiger partial charge in [-0.15, -0.1) is 0 Å². The van der Waals surface area contributed by atoms with Crippen molar-refractivity contribution in [3.05, 3.63) is 58.3 Å². The first-order chi connectivity index (χ1) is 19.3. The molecule has 2 heterocycles. The lowest BCUT2D eigenvalue weighted by molar-refractivity contribution is 0.0615. The number of rotatable bonds is 9. The van der Waals surface area contributed by atoms with Crippen LogP contribution in [-0.4, -0.2) is 77.9 Å². The number of carbonyl (C=O) groups excluding carboxylic acids is 2. The van der Waals surface area contributed by atoms with E-state index in [1.54, 1.807) is 0 Å². The molecule has 1 aliphatic heterocycles. The maximum absolute atomic E-state index is 13.7. The van der Waals surface area contributed by atoms with Gasteiger partial charge in [0, 0.05) is 68.1 Å². The van der Waals surface area contributed by atoms with Crippen LogP contribution in [0.4, 0.5) is 16.2 Å². The van der Waals surface area contributed by atoms with E-state index >= 15 is 0 Å². The van der Waals surface area contributed by atoms with Crippen LogP contribution in [0.3, 0.4) is 0 Å². The molecule has 1 aliphatic carbocycles. The number of piperazine rings is 1. The van der Waals surface area contributed by atoms with Gasteiger partial charge in [-0.3, -0.25) is 15.0 Å². The summed E-state index contributed by atoms with van der Waals surface area (Å²) in [6.45, 7) is 11.4. The standard InChI is InChI=1S/C31H41N5O4/c1-20-6-5-7-27(33-31(39)40-4)26(20)18-32-28-17-24(30(38)35-12-10-34(11-13-35)14-15-37)16-25-21(2)22(3)36(29(25)28)19-23-8-9-23/h5-7,16-17,23,32,37H,8-15,18-19H2,1-4H3,(H,33,39). The average Bonchev–Trinajstić information content (AvgIpc) is 3.75. The Morgan fingerprint density at radius 3 is 2.48 bits per heavy atom. The van der Waals surface area contributed by atoms with E-state index in [9.17, 15) is 14.7 Å². The lowest BCUT2D eigenvalue weighted by Gasteiger charge is -2.34. The molecule has 214 valence electrons. The van der Waals surface area contributed by atoms with Crippen LogP contribution in [0.2, 0.25) is 0 Å². The van der Waals surface area contributed by atoms with Gasteiger partial charge in [0.05, 0.1) is 24.9 Å². The lowest BCUT2D eigenvalue weighted by Crippen LogP contribution is -2.49. The van der Waals surface area contributed by atoms with E-state index in [-0.39, 0.29) is 12.5 Å². The number of fused-ring (bicyclic) bond motifs is 1. The number of aromatic nitrogens is 1. The molecule has 0 spiro atoms. The van der Waals surface area contributed by atoms with Gasteiger partial charge in [0.15, 0.2) is 0 Å². The zero-order valence-electron chi connectivity index (χ0n) is 24.0. The molecule has 1 aromatic heterocycles. The molecule has 3 aromatic rings. The SMILES string of the molecule is COC(=O)Nc1cccc(C)c1CNc1cc(C(=O)N2CCN(CCO)CC2)cc2c(C)c(C)n(CC3CC3)c12. The normalized spacial score (nSPS) is 15.9. The number of amides is 2. The van der Waals surface area contributed by atoms with Crippen molar-refractivity contribution in [2.45, 2.75) is 46.7 Å². The molecular formula is C31H41N5O4. The first kappa shape index (κ1) is 28.0. The van der Waals surface area contributed by atoms with Gasteiger partial charge in [0.2, 0.25) is 0 Å². The summed E-state index contributed by atoms with van der Waals surface area (Å²) >= 11 is 0. The summed E-state index contributed by atoms with van der Waals surface area (Å²) in [5.74, 6) is 0.731. The maximum atomic E-state index is 13.7. The second kappa shape index (κ2) is 11.9. The minimum absolute atomic E-state index is 0.0320. The highest BCUT2D eigenvalue weighted by atomic mass is 16.5. The van der Waals surface area contributed by atoms with Gasteiger partial charge in [-0.25, -0.2) is 4.79 Å². The van der Waals surface area contributed by atoms with Crippen molar-refractivity contribution in [2.24, 2.45) is 5.92 Å². The van der Waals surface area contributed by atoms with E-state index in [0.717, 1.165) is 47.4 Å². The number of aliphatic hydroxyl groups excluding tert-OH is 1. The molecule has 0 unspecified atom stereocenters. The summed E-state index contributed by atoms with van der Waals surface area (Å²) in [6, 6.07) is 9.87. The quantitative estimate of drug-likeness (QED) is 0.365. The number of nitrogens with zero attached hydrogens (tertiary/aromatic N) is 3. The van der Waals surface area contributed by atoms with Crippen molar-refractivity contribution in [3.8, 4) is 0 Å². The van der Waals surface area contributed by atoms with Crippen LogP contribution in [0.15, 0.2) is 30.3 Å². The number of aryl methyl sites for hydroxylation is 2. The molecule has 1 saturated heterocycles. The summed E-state index contributed by atoms with van der Waals surface area (Å²) in [7, 11) is 1.35. The van der Waals surface area contributed by atoms with E-state index in [1.807, 2.05) is 36.1 Å². The summed E-state index contributed by atoms with van der Waals surface area (Å²) in [5, 5.41) is 16.9. The van der Waals surface area contributed by atoms with Gasteiger partial charge in [-0.1, -0.05) is 12.1 Å². The van der Waals surface area contributed by atoms with Crippen molar-refractivity contribution in [1.29, 1.82) is 0 Å². The van der Waals surface area contributed by atoms with E-state index in [0.29, 0.717) is 43.3 Å². The zero-order valence-corrected chi connectivity index (χ0v) is 24.0. The number of hydrogen-bond acceptors (Lipinski definition) is 6. The van der Waals surface area contributed by atoms with E-state index < -0.39 is 6.09 Å². The zero-order chi connectivity index (χ0) is 28.4. The molecule has 0 bridgehead atoms. The highest BCUT2D eigenvalue weighted by Crippen LogP contribution is 2.38. The van der Waals surface area contributed by atoms with Crippen molar-refractivity contribution < 1.29 is 19.4 Å². The maximum Gasteiger partial charge on any atom is 0.411 e. The number of methoxy groups -OCH3 is 1. The number of benzene rings is 2. The number of ether oxygens (including phenoxy) is 1. The Balaban J connectivity index is 1.50. The Labute approximate surface area is 236 Å². The molecule has 2 fully saturated rings. The molecule has 3 N–H and O–H groups in total. The Kier molecular flexibility index (Phi) is 8.32. The van der Waals surface area contributed by atoms with E-state index in [4.69, 9.17) is 4.74 Å². The largest absolute Gasteiger partial charge is 0.453 e. The number of hydrogen-bond donors (Lipinski definition) is 3. The molecule has 1 saturated carbocycles. The minimum Gasteiger partial charge on any atom is -0.453 e. The predicted molar refractivity (Wildman–Crippen MR) is 158 cm³/mol. The fourth-order valence-corrected chi connectivity index (χ4v) is 5.72. The fourth-order valence-electron chi connectivity index (χ4n) is 5.72. The van der Waals surface area contributed by atoms with Crippen LogP contribution < -0.4 is 10.6 Å². The number of β-amino-alcohol motifs (C(OH)–C–C–N with tert-alkyl or cyclic N) is 1. The van der Waals surface area contributed by atoms with E-state index in [2.05, 4.69) is 40.0 Å². The first-order valence-electron chi connectivity index (χ1n) is 14.2. The third-order valence-electron chi connectivity index (χ3n) is 8.48. The summed E-state index contributed by atoms with van der Waals surface area (Å²) in [4.78, 5) is 29.9. The summed E-state index contributed by atoms with van der Waals surface area (Å²) < 4.78 is 7.25. The molecule has 5 rings (SSSR count). The molecule has 2 amide bonds. The Hall–Kier alpha value is -3.56. The number of aliphatic hydroxyl groups is 1. The highest BCUT2D eigenvalue weighted by Gasteiger charge is 2.27. The van der Waals surface area contributed by atoms with Crippen LogP contribution in [0.1, 0.15) is 45.6 Å². The molecule has 2 aliphatic rings. The fraction of sp³-hybridized carbons (Fsp3) is 0.484. The average molecular weight is 548 g/mol. The van der Waals surface area contributed by atoms with Gasteiger partial charge in [-0.2, -0.15) is 0 Å². The second-order valence-electron chi connectivity index (χ2n) is 11.1. The molecule has 2 aromatic carbocycles. The van der Waals surface area contributed by atoms with Crippen molar-refractivity contribution in [3.63, 3.8) is 0 Å². The first-order valence-corrected chi connectivity index (χ1v) is 14.2. The number of carbonyl (C=O) groups is 2. The van der Waals surface area contributed by atoms with E-state index in [1.165, 1.54) is 31.2 Å². The van der Waals surface area contributed by atoms with Crippen LogP contribution in [0.5, 0.6) is 0 Å². The summed E-state index contributed by atoms with van der Waals surface area (Å²) in [6.07, 6.45) is 2.00. The van der Waals surface area contributed by atoms with Crippen molar-refractivity contribution in [2.75, 3.05) is 57.1 Å². The van der Waals surface area contributed by atoms with Crippen molar-refractivity contribution >= 4 is 34.3 Å². The Morgan fingerprint density at radius 2 is 1.80 bits per heavy atom. The monoisotopic (exact) mass is 547 g/mol. The van der Waals surface area contributed by atoms with Crippen molar-refractivity contribution in [1.82, 2.24) is 14.4 Å². The van der Waals surface area contributed by atoms with Gasteiger partial charge >= 0.3 is 6.09 Å². The molecule has 9 nitrogen and oxygen atoms in total. The molecule has 0 radical (unpaired) electrons. The topological polar surface area (TPSA) is 99.1 Å². The second-order valence-corrected chi connectivity index (χ2v) is 11.1. The Bertz CT molecular complexity index is 1400. The third kappa shape index (κ3) is 5.81. The number of nitrogens with one attached hydrogen (secondary N) is 2. The molecular weight excluding hydrogens is 506 g/mol. The van der Waals surface area contributed by atoms with Gasteiger partial charge in [0.25, 0.3) is 5.91 Å². The third-order valence-corrected chi connectivity index (χ3v) is 8.48.